The molecule has 0 radical (unpaired) electrons. The SMILES string of the molecule is CCOC(=O)c1cn2c3c(cnc2n1)CNCC3. The molecular formula is C12H14N4O2. The average Bonchev–Trinajstić information content (AvgIpc) is 2.83. The zero-order chi connectivity index (χ0) is 12.5. The van der Waals surface area contributed by atoms with Crippen LogP contribution in [0.4, 0.5) is 0 Å². The Kier molecular flexibility index (Phi) is 2.71. The maximum Gasteiger partial charge on any atom is 0.358 e. The smallest absolute Gasteiger partial charge is 0.358 e. The van der Waals surface area contributed by atoms with Crippen LogP contribution in [0.1, 0.15) is 28.7 Å². The number of hydrogen-bond donors (Lipinski definition) is 1. The van der Waals surface area contributed by atoms with Crippen molar-refractivity contribution >= 4 is 11.7 Å². The molecule has 2 aromatic rings. The molecule has 0 spiro atoms. The Morgan fingerprint density at radius 1 is 1.61 bits per heavy atom. The summed E-state index contributed by atoms with van der Waals surface area (Å²) in [5.41, 5.74) is 2.64. The molecule has 1 aliphatic heterocycles. The summed E-state index contributed by atoms with van der Waals surface area (Å²) in [5, 5.41) is 3.29. The zero-order valence-electron chi connectivity index (χ0n) is 10.1. The minimum absolute atomic E-state index is 0.316. The van der Waals surface area contributed by atoms with Gasteiger partial charge in [-0.25, -0.2) is 14.8 Å². The quantitative estimate of drug-likeness (QED) is 0.784. The van der Waals surface area contributed by atoms with Crippen molar-refractivity contribution in [2.24, 2.45) is 0 Å². The molecule has 94 valence electrons. The van der Waals surface area contributed by atoms with Crippen LogP contribution >= 0.6 is 0 Å². The summed E-state index contributed by atoms with van der Waals surface area (Å²) in [6, 6.07) is 0. The lowest BCUT2D eigenvalue weighted by Gasteiger charge is -2.17. The summed E-state index contributed by atoms with van der Waals surface area (Å²) in [6.45, 7) is 3.87. The van der Waals surface area contributed by atoms with Crippen molar-refractivity contribution in [3.63, 3.8) is 0 Å². The van der Waals surface area contributed by atoms with Crippen molar-refractivity contribution in [2.45, 2.75) is 19.9 Å². The minimum atomic E-state index is -0.398. The number of fused-ring (bicyclic) bond motifs is 3. The van der Waals surface area contributed by atoms with Gasteiger partial charge in [0.05, 0.1) is 6.61 Å². The van der Waals surface area contributed by atoms with E-state index in [2.05, 4.69) is 15.3 Å². The molecule has 3 rings (SSSR count). The number of nitrogens with one attached hydrogen (secondary N) is 1. The van der Waals surface area contributed by atoms with Crippen molar-refractivity contribution in [3.05, 3.63) is 29.3 Å². The molecule has 1 aliphatic rings. The second kappa shape index (κ2) is 4.38. The molecule has 3 heterocycles. The highest BCUT2D eigenvalue weighted by Crippen LogP contribution is 2.15. The summed E-state index contributed by atoms with van der Waals surface area (Å²) < 4.78 is 6.84. The van der Waals surface area contributed by atoms with E-state index >= 15 is 0 Å². The molecule has 18 heavy (non-hydrogen) atoms. The standard InChI is InChI=1S/C12H14N4O2/c1-2-18-11(17)9-7-16-10-3-4-13-5-8(10)6-14-12(16)15-9/h6-7,13H,2-5H2,1H3. The summed E-state index contributed by atoms with van der Waals surface area (Å²) in [4.78, 5) is 20.1. The van der Waals surface area contributed by atoms with Crippen molar-refractivity contribution in [2.75, 3.05) is 13.2 Å². The molecule has 0 saturated carbocycles. The number of carbonyl (C=O) groups excluding carboxylic acids is 1. The van der Waals surface area contributed by atoms with Gasteiger partial charge in [-0.15, -0.1) is 0 Å². The Morgan fingerprint density at radius 3 is 3.33 bits per heavy atom. The fourth-order valence-electron chi connectivity index (χ4n) is 2.19. The fourth-order valence-corrected chi connectivity index (χ4v) is 2.19. The number of carbonyl (C=O) groups is 1. The first-order chi connectivity index (χ1) is 8.79. The van der Waals surface area contributed by atoms with Gasteiger partial charge in [0.2, 0.25) is 5.78 Å². The van der Waals surface area contributed by atoms with Crippen LogP contribution in [0.15, 0.2) is 12.4 Å². The number of esters is 1. The van der Waals surface area contributed by atoms with E-state index in [1.807, 2.05) is 10.6 Å². The van der Waals surface area contributed by atoms with E-state index in [0.29, 0.717) is 18.1 Å². The lowest BCUT2D eigenvalue weighted by Crippen LogP contribution is -2.25. The zero-order valence-corrected chi connectivity index (χ0v) is 10.1. The van der Waals surface area contributed by atoms with Crippen LogP contribution in [0.2, 0.25) is 0 Å². The number of aromatic nitrogens is 3. The number of imidazole rings is 1. The lowest BCUT2D eigenvalue weighted by atomic mass is 10.1. The maximum atomic E-state index is 11.6. The highest BCUT2D eigenvalue weighted by atomic mass is 16.5. The van der Waals surface area contributed by atoms with Gasteiger partial charge in [-0.3, -0.25) is 4.40 Å². The van der Waals surface area contributed by atoms with Crippen molar-refractivity contribution in [1.29, 1.82) is 0 Å². The second-order valence-corrected chi connectivity index (χ2v) is 4.17. The average molecular weight is 246 g/mol. The summed E-state index contributed by atoms with van der Waals surface area (Å²) in [7, 11) is 0. The predicted molar refractivity (Wildman–Crippen MR) is 64.4 cm³/mol. The van der Waals surface area contributed by atoms with E-state index in [4.69, 9.17) is 4.74 Å². The largest absolute Gasteiger partial charge is 0.461 e. The molecule has 0 bridgehead atoms. The number of nitrogens with zero attached hydrogens (tertiary/aromatic N) is 3. The molecule has 6 nitrogen and oxygen atoms in total. The predicted octanol–water partition coefficient (Wildman–Crippen LogP) is 0.552. The molecule has 1 N–H and O–H groups in total. The maximum absolute atomic E-state index is 11.6. The highest BCUT2D eigenvalue weighted by Gasteiger charge is 2.17. The topological polar surface area (TPSA) is 68.5 Å². The summed E-state index contributed by atoms with van der Waals surface area (Å²) in [5.74, 6) is 0.157. The van der Waals surface area contributed by atoms with Crippen molar-refractivity contribution in [3.8, 4) is 0 Å². The van der Waals surface area contributed by atoms with Gasteiger partial charge in [-0.1, -0.05) is 0 Å². The Labute approximate surface area is 104 Å². The van der Waals surface area contributed by atoms with Gasteiger partial charge in [0.15, 0.2) is 5.69 Å². The first-order valence-electron chi connectivity index (χ1n) is 6.03. The Balaban J connectivity index is 2.09. The Bertz CT molecular complexity index is 605. The van der Waals surface area contributed by atoms with Crippen LogP contribution < -0.4 is 5.32 Å². The van der Waals surface area contributed by atoms with Gasteiger partial charge >= 0.3 is 5.97 Å². The monoisotopic (exact) mass is 246 g/mol. The van der Waals surface area contributed by atoms with Gasteiger partial charge in [0, 0.05) is 43.2 Å². The van der Waals surface area contributed by atoms with Crippen molar-refractivity contribution in [1.82, 2.24) is 19.7 Å². The second-order valence-electron chi connectivity index (χ2n) is 4.17. The van der Waals surface area contributed by atoms with Gasteiger partial charge < -0.3 is 10.1 Å². The van der Waals surface area contributed by atoms with Gasteiger partial charge in [-0.05, 0) is 6.92 Å². The summed E-state index contributed by atoms with van der Waals surface area (Å²) in [6.07, 6.45) is 4.44. The van der Waals surface area contributed by atoms with Crippen LogP contribution in [0, 0.1) is 0 Å². The van der Waals surface area contributed by atoms with E-state index in [1.165, 1.54) is 5.69 Å². The van der Waals surface area contributed by atoms with Crippen LogP contribution in [0.3, 0.4) is 0 Å². The molecule has 0 atom stereocenters. The number of ether oxygens (including phenoxy) is 1. The third-order valence-electron chi connectivity index (χ3n) is 3.02. The molecule has 0 aliphatic carbocycles. The lowest BCUT2D eigenvalue weighted by molar-refractivity contribution is 0.0520. The van der Waals surface area contributed by atoms with Crippen LogP contribution in [-0.4, -0.2) is 33.5 Å². The van der Waals surface area contributed by atoms with E-state index < -0.39 is 5.97 Å². The normalized spacial score (nSPS) is 14.5. The summed E-state index contributed by atoms with van der Waals surface area (Å²) >= 11 is 0. The molecule has 0 amide bonds. The molecular weight excluding hydrogens is 232 g/mol. The number of rotatable bonds is 2. The van der Waals surface area contributed by atoms with Crippen LogP contribution in [0.5, 0.6) is 0 Å². The first-order valence-corrected chi connectivity index (χ1v) is 6.03. The third kappa shape index (κ3) is 1.74. The molecule has 0 unspecified atom stereocenters. The van der Waals surface area contributed by atoms with E-state index in [1.54, 1.807) is 13.1 Å². The Morgan fingerprint density at radius 2 is 2.50 bits per heavy atom. The third-order valence-corrected chi connectivity index (χ3v) is 3.02. The molecule has 2 aromatic heterocycles. The van der Waals surface area contributed by atoms with Crippen LogP contribution in [-0.2, 0) is 17.7 Å². The Hall–Kier alpha value is -1.95. The van der Waals surface area contributed by atoms with Gasteiger partial charge in [0.1, 0.15) is 0 Å². The van der Waals surface area contributed by atoms with E-state index in [0.717, 1.165) is 25.1 Å². The molecule has 0 aromatic carbocycles. The van der Waals surface area contributed by atoms with Gasteiger partial charge in [0.25, 0.3) is 0 Å². The fraction of sp³-hybridized carbons (Fsp3) is 0.417. The molecule has 0 saturated heterocycles. The number of hydrogen-bond acceptors (Lipinski definition) is 5. The molecule has 6 heteroatoms. The molecule has 0 fully saturated rings. The highest BCUT2D eigenvalue weighted by molar-refractivity contribution is 5.87. The van der Waals surface area contributed by atoms with E-state index in [-0.39, 0.29) is 0 Å². The van der Waals surface area contributed by atoms with Crippen molar-refractivity contribution < 1.29 is 9.53 Å². The van der Waals surface area contributed by atoms with Gasteiger partial charge in [-0.2, -0.15) is 0 Å². The van der Waals surface area contributed by atoms with Crippen LogP contribution in [0.25, 0.3) is 5.78 Å². The van der Waals surface area contributed by atoms with E-state index in [9.17, 15) is 4.79 Å². The first kappa shape index (κ1) is 11.2. The minimum Gasteiger partial charge on any atom is -0.461 e.